The Hall–Kier alpha value is -0.450. The maximum atomic E-state index is 12.5. The Morgan fingerprint density at radius 1 is 0.778 bits per heavy atom. The number of hydrogen-bond donors (Lipinski definition) is 1. The van der Waals surface area contributed by atoms with Gasteiger partial charge in [-0.05, 0) is 0 Å². The lowest BCUT2D eigenvalue weighted by molar-refractivity contribution is -0.361. The molecule has 0 saturated carbocycles. The Bertz CT molecular complexity index is 269. The molecule has 1 atom stereocenters. The van der Waals surface area contributed by atoms with E-state index in [2.05, 4.69) is 5.73 Å². The van der Waals surface area contributed by atoms with Gasteiger partial charge in [0.2, 0.25) is 0 Å². The number of nitrogens with two attached hydrogens (primary N) is 1. The highest BCUT2D eigenvalue weighted by molar-refractivity contribution is 5.85. The Kier molecular flexibility index (Phi) is 5.82. The maximum Gasteiger partial charge on any atom is 0.459 e. The molecule has 112 valence electrons. The quantitative estimate of drug-likeness (QED) is 0.792. The van der Waals surface area contributed by atoms with Crippen LogP contribution in [0.2, 0.25) is 0 Å². The van der Waals surface area contributed by atoms with Crippen molar-refractivity contribution in [3.05, 3.63) is 0 Å². The summed E-state index contributed by atoms with van der Waals surface area (Å²) in [5, 5.41) is 0. The van der Waals surface area contributed by atoms with E-state index in [0.717, 1.165) is 0 Å². The van der Waals surface area contributed by atoms with Gasteiger partial charge in [-0.1, -0.05) is 0 Å². The van der Waals surface area contributed by atoms with Crippen LogP contribution in [0, 0.1) is 0 Å². The normalized spacial score (nSPS) is 16.2. The van der Waals surface area contributed by atoms with E-state index in [4.69, 9.17) is 0 Å². The molecular formula is C6H6ClF10N. The van der Waals surface area contributed by atoms with E-state index in [1.807, 2.05) is 0 Å². The van der Waals surface area contributed by atoms with Crippen molar-refractivity contribution in [3.63, 3.8) is 0 Å². The molecule has 0 radical (unpaired) electrons. The predicted octanol–water partition coefficient (Wildman–Crippen LogP) is 3.52. The van der Waals surface area contributed by atoms with E-state index in [0.29, 0.717) is 0 Å². The number of alkyl halides is 10. The third kappa shape index (κ3) is 4.04. The van der Waals surface area contributed by atoms with Crippen LogP contribution in [0.25, 0.3) is 0 Å². The lowest BCUT2D eigenvalue weighted by Crippen LogP contribution is -2.61. The molecule has 0 amide bonds. The summed E-state index contributed by atoms with van der Waals surface area (Å²) in [7, 11) is 0. The fraction of sp³-hybridized carbons (Fsp3) is 1.00. The van der Waals surface area contributed by atoms with Crippen molar-refractivity contribution >= 4 is 12.4 Å². The zero-order valence-electron chi connectivity index (χ0n) is 8.05. The lowest BCUT2D eigenvalue weighted by atomic mass is 10.0. The van der Waals surface area contributed by atoms with Crippen LogP contribution in [0.3, 0.4) is 0 Å². The molecule has 0 aliphatic rings. The molecule has 0 spiro atoms. The second-order valence-corrected chi connectivity index (χ2v) is 3.12. The van der Waals surface area contributed by atoms with Gasteiger partial charge in [0.05, 0.1) is 12.5 Å². The van der Waals surface area contributed by atoms with E-state index in [1.165, 1.54) is 0 Å². The lowest BCUT2D eigenvalue weighted by Gasteiger charge is -2.32. The molecule has 0 aliphatic carbocycles. The molecule has 0 heterocycles. The van der Waals surface area contributed by atoms with Gasteiger partial charge in [0, 0.05) is 0 Å². The van der Waals surface area contributed by atoms with E-state index >= 15 is 0 Å². The van der Waals surface area contributed by atoms with Crippen molar-refractivity contribution in [1.29, 1.82) is 0 Å². The molecule has 0 bridgehead atoms. The highest BCUT2D eigenvalue weighted by Gasteiger charge is 2.75. The van der Waals surface area contributed by atoms with Gasteiger partial charge in [-0.25, -0.2) is 0 Å². The molecular weight excluding hydrogens is 312 g/mol. The van der Waals surface area contributed by atoms with Gasteiger partial charge in [0.25, 0.3) is 0 Å². The largest absolute Gasteiger partial charge is 0.459 e. The maximum absolute atomic E-state index is 12.5. The van der Waals surface area contributed by atoms with E-state index in [9.17, 15) is 43.9 Å². The Morgan fingerprint density at radius 3 is 1.33 bits per heavy atom. The van der Waals surface area contributed by atoms with Crippen LogP contribution in [-0.4, -0.2) is 30.2 Å². The second kappa shape index (κ2) is 5.27. The first-order chi connectivity index (χ1) is 7.13. The minimum absolute atomic E-state index is 0. The zero-order chi connectivity index (χ0) is 14.3. The van der Waals surface area contributed by atoms with E-state index in [1.54, 1.807) is 0 Å². The number of halogens is 11. The summed E-state index contributed by atoms with van der Waals surface area (Å²) >= 11 is 0. The summed E-state index contributed by atoms with van der Waals surface area (Å²) < 4.78 is 119. The van der Waals surface area contributed by atoms with Crippen molar-refractivity contribution < 1.29 is 43.9 Å². The minimum atomic E-state index is -6.69. The molecule has 0 unspecified atom stereocenters. The van der Waals surface area contributed by atoms with Crippen LogP contribution in [0.15, 0.2) is 0 Å². The molecule has 0 fully saturated rings. The minimum Gasteiger partial charge on any atom is -0.322 e. The Morgan fingerprint density at radius 2 is 1.11 bits per heavy atom. The molecule has 2 N–H and O–H groups in total. The molecule has 1 nitrogen and oxygen atoms in total. The molecule has 0 aromatic heterocycles. The molecule has 0 rings (SSSR count). The average molecular weight is 318 g/mol. The summed E-state index contributed by atoms with van der Waals surface area (Å²) in [4.78, 5) is 0. The van der Waals surface area contributed by atoms with Crippen molar-refractivity contribution in [1.82, 2.24) is 0 Å². The summed E-state index contributed by atoms with van der Waals surface area (Å²) in [5.74, 6) is -12.7. The van der Waals surface area contributed by atoms with Gasteiger partial charge in [0.15, 0.2) is 0 Å². The van der Waals surface area contributed by atoms with Gasteiger partial charge in [-0.15, -0.1) is 12.4 Å². The average Bonchev–Trinajstić information content (AvgIpc) is 1.97. The zero-order valence-corrected chi connectivity index (χ0v) is 8.87. The highest BCUT2D eigenvalue weighted by atomic mass is 35.5. The van der Waals surface area contributed by atoms with Gasteiger partial charge in [-0.2, -0.15) is 43.9 Å². The summed E-state index contributed by atoms with van der Waals surface area (Å²) in [6.45, 7) is 0. The van der Waals surface area contributed by atoms with Gasteiger partial charge < -0.3 is 5.73 Å². The summed E-state index contributed by atoms with van der Waals surface area (Å²) in [6.07, 6.45) is -14.7. The van der Waals surface area contributed by atoms with Gasteiger partial charge in [-0.3, -0.25) is 0 Å². The first-order valence-electron chi connectivity index (χ1n) is 3.77. The van der Waals surface area contributed by atoms with Crippen LogP contribution >= 0.6 is 12.4 Å². The van der Waals surface area contributed by atoms with Crippen LogP contribution in [-0.2, 0) is 0 Å². The van der Waals surface area contributed by atoms with Gasteiger partial charge >= 0.3 is 24.2 Å². The second-order valence-electron chi connectivity index (χ2n) is 3.12. The summed E-state index contributed by atoms with van der Waals surface area (Å²) in [5.41, 5.74) is 4.07. The van der Waals surface area contributed by atoms with Crippen LogP contribution in [0.5, 0.6) is 0 Å². The first kappa shape index (κ1) is 19.9. The highest BCUT2D eigenvalue weighted by Crippen LogP contribution is 2.48. The topological polar surface area (TPSA) is 26.0 Å². The van der Waals surface area contributed by atoms with Crippen LogP contribution in [0.1, 0.15) is 6.42 Å². The monoisotopic (exact) mass is 317 g/mol. The standard InChI is InChI=1S/C6H5F10N.ClH/c7-3(8,9)1-2(17)4(10,11)5(12,13)6(14,15)16;/h2H,1,17H2;1H/t2-;/m0./s1. The Balaban J connectivity index is 0. The molecule has 0 aromatic carbocycles. The van der Waals surface area contributed by atoms with Gasteiger partial charge in [0.1, 0.15) is 0 Å². The number of hydrogen-bond acceptors (Lipinski definition) is 1. The molecule has 0 aliphatic heterocycles. The molecule has 18 heavy (non-hydrogen) atoms. The fourth-order valence-corrected chi connectivity index (χ4v) is 0.799. The predicted molar refractivity (Wildman–Crippen MR) is 41.8 cm³/mol. The third-order valence-electron chi connectivity index (χ3n) is 1.69. The molecule has 12 heteroatoms. The Labute approximate surface area is 99.7 Å². The van der Waals surface area contributed by atoms with Crippen molar-refractivity contribution in [2.24, 2.45) is 5.73 Å². The van der Waals surface area contributed by atoms with Crippen LogP contribution in [0.4, 0.5) is 43.9 Å². The summed E-state index contributed by atoms with van der Waals surface area (Å²) in [6, 6.07) is -3.70. The molecule has 0 saturated heterocycles. The van der Waals surface area contributed by atoms with E-state index in [-0.39, 0.29) is 12.4 Å². The smallest absolute Gasteiger partial charge is 0.322 e. The van der Waals surface area contributed by atoms with Crippen LogP contribution < -0.4 is 5.73 Å². The first-order valence-corrected chi connectivity index (χ1v) is 3.77. The SMILES string of the molecule is Cl.N[C@@H](CC(F)(F)F)C(F)(F)C(F)(F)C(F)(F)F. The van der Waals surface area contributed by atoms with Crippen molar-refractivity contribution in [2.45, 2.75) is 36.7 Å². The molecule has 0 aromatic rings. The fourth-order valence-electron chi connectivity index (χ4n) is 0.799. The number of rotatable bonds is 3. The third-order valence-corrected chi connectivity index (χ3v) is 1.69. The van der Waals surface area contributed by atoms with Crippen molar-refractivity contribution in [2.75, 3.05) is 0 Å². The van der Waals surface area contributed by atoms with Crippen molar-refractivity contribution in [3.8, 4) is 0 Å². The van der Waals surface area contributed by atoms with E-state index < -0.39 is 36.7 Å².